The van der Waals surface area contributed by atoms with Crippen molar-refractivity contribution in [1.29, 1.82) is 0 Å². The number of rotatable bonds is 2. The fraction of sp³-hybridized carbons (Fsp3) is 0.625. The molecule has 1 saturated carbocycles. The van der Waals surface area contributed by atoms with Gasteiger partial charge >= 0.3 is 0 Å². The van der Waals surface area contributed by atoms with Gasteiger partial charge in [0.15, 0.2) is 11.5 Å². The van der Waals surface area contributed by atoms with Crippen molar-refractivity contribution in [2.75, 3.05) is 20.7 Å². The highest BCUT2D eigenvalue weighted by Crippen LogP contribution is 2.49. The van der Waals surface area contributed by atoms with Crippen LogP contribution in [0.1, 0.15) is 37.7 Å². The molecule has 2 aliphatic rings. The van der Waals surface area contributed by atoms with Gasteiger partial charge < -0.3 is 14.7 Å². The third kappa shape index (κ3) is 1.91. The first-order valence-corrected chi connectivity index (χ1v) is 7.25. The smallest absolute Gasteiger partial charge is 0.160 e. The molecule has 2 atom stereocenters. The SMILES string of the molecule is COc1cc([C@@]23CCCCC2N(C)CC3)ccc1O. The summed E-state index contributed by atoms with van der Waals surface area (Å²) >= 11 is 0. The molecule has 3 heteroatoms. The summed E-state index contributed by atoms with van der Waals surface area (Å²) < 4.78 is 5.28. The molecule has 1 N–H and O–H groups in total. The summed E-state index contributed by atoms with van der Waals surface area (Å²) in [6.07, 6.45) is 6.43. The predicted octanol–water partition coefficient (Wildman–Crippen LogP) is 2.92. The van der Waals surface area contributed by atoms with Crippen LogP contribution in [0, 0.1) is 0 Å². The number of ether oxygens (including phenoxy) is 1. The lowest BCUT2D eigenvalue weighted by Crippen LogP contribution is -2.43. The molecule has 2 fully saturated rings. The largest absolute Gasteiger partial charge is 0.504 e. The summed E-state index contributed by atoms with van der Waals surface area (Å²) in [6, 6.07) is 6.57. The van der Waals surface area contributed by atoms with Crippen molar-refractivity contribution in [2.24, 2.45) is 0 Å². The Morgan fingerprint density at radius 3 is 2.95 bits per heavy atom. The summed E-state index contributed by atoms with van der Waals surface area (Å²) in [7, 11) is 3.87. The van der Waals surface area contributed by atoms with E-state index >= 15 is 0 Å². The number of likely N-dealkylation sites (N-methyl/N-ethyl adjacent to an activating group) is 1. The Kier molecular flexibility index (Phi) is 3.17. The third-order valence-electron chi connectivity index (χ3n) is 5.19. The third-order valence-corrected chi connectivity index (χ3v) is 5.19. The zero-order valence-electron chi connectivity index (χ0n) is 11.9. The van der Waals surface area contributed by atoms with E-state index in [2.05, 4.69) is 18.0 Å². The second-order valence-corrected chi connectivity index (χ2v) is 6.03. The number of aromatic hydroxyl groups is 1. The van der Waals surface area contributed by atoms with Gasteiger partial charge in [-0.3, -0.25) is 0 Å². The van der Waals surface area contributed by atoms with E-state index in [1.54, 1.807) is 13.2 Å². The highest BCUT2D eigenvalue weighted by molar-refractivity contribution is 5.45. The average molecular weight is 261 g/mol. The van der Waals surface area contributed by atoms with Crippen molar-refractivity contribution < 1.29 is 9.84 Å². The summed E-state index contributed by atoms with van der Waals surface area (Å²) in [5, 5.41) is 9.79. The predicted molar refractivity (Wildman–Crippen MR) is 75.8 cm³/mol. The lowest BCUT2D eigenvalue weighted by atomic mass is 9.66. The summed E-state index contributed by atoms with van der Waals surface area (Å²) in [5.74, 6) is 0.840. The fourth-order valence-corrected chi connectivity index (χ4v) is 4.15. The molecular weight excluding hydrogens is 238 g/mol. The van der Waals surface area contributed by atoms with Gasteiger partial charge in [0.25, 0.3) is 0 Å². The van der Waals surface area contributed by atoms with Gasteiger partial charge in [0.05, 0.1) is 7.11 Å². The van der Waals surface area contributed by atoms with Crippen LogP contribution in [0.2, 0.25) is 0 Å². The van der Waals surface area contributed by atoms with Crippen LogP contribution in [-0.4, -0.2) is 36.8 Å². The minimum absolute atomic E-state index is 0.237. The lowest BCUT2D eigenvalue weighted by Gasteiger charge is -2.41. The van der Waals surface area contributed by atoms with E-state index < -0.39 is 0 Å². The Hall–Kier alpha value is -1.22. The Morgan fingerprint density at radius 1 is 1.32 bits per heavy atom. The molecule has 3 nitrogen and oxygen atoms in total. The molecule has 1 unspecified atom stereocenters. The number of hydrogen-bond acceptors (Lipinski definition) is 3. The monoisotopic (exact) mass is 261 g/mol. The first-order valence-electron chi connectivity index (χ1n) is 7.25. The van der Waals surface area contributed by atoms with Crippen LogP contribution in [0.4, 0.5) is 0 Å². The van der Waals surface area contributed by atoms with Gasteiger partial charge in [-0.25, -0.2) is 0 Å². The first kappa shape index (κ1) is 12.8. The zero-order chi connectivity index (χ0) is 13.5. The van der Waals surface area contributed by atoms with E-state index in [-0.39, 0.29) is 11.2 Å². The van der Waals surface area contributed by atoms with Crippen LogP contribution >= 0.6 is 0 Å². The maximum absolute atomic E-state index is 9.79. The number of hydrogen-bond donors (Lipinski definition) is 1. The van der Waals surface area contributed by atoms with Crippen LogP contribution in [0.3, 0.4) is 0 Å². The molecule has 1 heterocycles. The number of likely N-dealkylation sites (tertiary alicyclic amines) is 1. The van der Waals surface area contributed by atoms with Gasteiger partial charge in [-0.05, 0) is 50.6 Å². The summed E-state index contributed by atoms with van der Waals surface area (Å²) in [4.78, 5) is 2.51. The molecular formula is C16H23NO2. The molecule has 104 valence electrons. The number of fused-ring (bicyclic) bond motifs is 1. The van der Waals surface area contributed by atoms with Gasteiger partial charge in [-0.1, -0.05) is 18.9 Å². The number of nitrogens with zero attached hydrogens (tertiary/aromatic N) is 1. The van der Waals surface area contributed by atoms with Crippen LogP contribution in [0.25, 0.3) is 0 Å². The van der Waals surface area contributed by atoms with Crippen molar-refractivity contribution in [3.8, 4) is 11.5 Å². The maximum atomic E-state index is 9.79. The van der Waals surface area contributed by atoms with Crippen molar-refractivity contribution in [2.45, 2.75) is 43.6 Å². The number of phenolic OH excluding ortho intramolecular Hbond substituents is 1. The zero-order valence-corrected chi connectivity index (χ0v) is 11.9. The van der Waals surface area contributed by atoms with E-state index in [1.165, 1.54) is 44.2 Å². The quantitative estimate of drug-likeness (QED) is 0.888. The van der Waals surface area contributed by atoms with Crippen LogP contribution in [-0.2, 0) is 5.41 Å². The first-order chi connectivity index (χ1) is 9.17. The topological polar surface area (TPSA) is 32.7 Å². The normalized spacial score (nSPS) is 31.2. The van der Waals surface area contributed by atoms with Crippen LogP contribution < -0.4 is 4.74 Å². The van der Waals surface area contributed by atoms with Gasteiger partial charge in [0, 0.05) is 11.5 Å². The molecule has 19 heavy (non-hydrogen) atoms. The lowest BCUT2D eigenvalue weighted by molar-refractivity contribution is 0.181. The Bertz CT molecular complexity index is 470. The van der Waals surface area contributed by atoms with E-state index in [0.717, 1.165) is 0 Å². The van der Waals surface area contributed by atoms with Crippen molar-refractivity contribution in [3.63, 3.8) is 0 Å². The van der Waals surface area contributed by atoms with Gasteiger partial charge in [-0.2, -0.15) is 0 Å². The highest BCUT2D eigenvalue weighted by atomic mass is 16.5. The fourth-order valence-electron chi connectivity index (χ4n) is 4.15. The Balaban J connectivity index is 2.03. The Morgan fingerprint density at radius 2 is 2.16 bits per heavy atom. The molecule has 0 radical (unpaired) electrons. The standard InChI is InChI=1S/C16H23NO2/c1-17-10-9-16(8-4-3-5-15(16)17)12-6-7-13(18)14(11-12)19-2/h6-7,11,15,18H,3-5,8-10H2,1-2H3/t15?,16-/m0/s1. The second kappa shape index (κ2) is 4.71. The van der Waals surface area contributed by atoms with Crippen molar-refractivity contribution in [3.05, 3.63) is 23.8 Å². The molecule has 0 spiro atoms. The summed E-state index contributed by atoms with van der Waals surface area (Å²) in [6.45, 7) is 1.17. The maximum Gasteiger partial charge on any atom is 0.160 e. The van der Waals surface area contributed by atoms with E-state index in [1.807, 2.05) is 6.07 Å². The molecule has 0 aromatic heterocycles. The molecule has 1 aliphatic carbocycles. The van der Waals surface area contributed by atoms with Crippen LogP contribution in [0.15, 0.2) is 18.2 Å². The van der Waals surface area contributed by atoms with Gasteiger partial charge in [0.2, 0.25) is 0 Å². The molecule has 1 saturated heterocycles. The minimum atomic E-state index is 0.237. The number of benzene rings is 1. The van der Waals surface area contributed by atoms with E-state index in [9.17, 15) is 5.11 Å². The number of phenols is 1. The number of methoxy groups -OCH3 is 1. The summed E-state index contributed by atoms with van der Waals surface area (Å²) in [5.41, 5.74) is 1.62. The van der Waals surface area contributed by atoms with Gasteiger partial charge in [0.1, 0.15) is 0 Å². The van der Waals surface area contributed by atoms with E-state index in [0.29, 0.717) is 11.8 Å². The van der Waals surface area contributed by atoms with Crippen molar-refractivity contribution in [1.82, 2.24) is 4.90 Å². The Labute approximate surface area is 115 Å². The van der Waals surface area contributed by atoms with E-state index in [4.69, 9.17) is 4.74 Å². The average Bonchev–Trinajstić information content (AvgIpc) is 2.78. The second-order valence-electron chi connectivity index (χ2n) is 6.03. The molecule has 0 amide bonds. The highest BCUT2D eigenvalue weighted by Gasteiger charge is 2.48. The minimum Gasteiger partial charge on any atom is -0.504 e. The van der Waals surface area contributed by atoms with Crippen LogP contribution in [0.5, 0.6) is 11.5 Å². The molecule has 1 aliphatic heterocycles. The van der Waals surface area contributed by atoms with Gasteiger partial charge in [-0.15, -0.1) is 0 Å². The van der Waals surface area contributed by atoms with Crippen molar-refractivity contribution >= 4 is 0 Å². The molecule has 1 aromatic carbocycles. The molecule has 3 rings (SSSR count). The molecule has 1 aromatic rings. The molecule has 0 bridgehead atoms.